The highest BCUT2D eigenvalue weighted by molar-refractivity contribution is 6.29. The zero-order valence-electron chi connectivity index (χ0n) is 6.56. The Kier molecular flexibility index (Phi) is 1.78. The van der Waals surface area contributed by atoms with Crippen LogP contribution in [0, 0.1) is 0 Å². The molecule has 0 bridgehead atoms. The molecule has 0 aliphatic heterocycles. The van der Waals surface area contributed by atoms with E-state index in [1.54, 1.807) is 0 Å². The standard InChI is InChI=1S/C8H12ClN/c1-8(2,3)10-6-4-5-7(10)9/h4-6H,1-3H3. The molecule has 0 radical (unpaired) electrons. The Hall–Kier alpha value is -0.430. The van der Waals surface area contributed by atoms with Crippen molar-refractivity contribution >= 4 is 11.6 Å². The highest BCUT2D eigenvalue weighted by atomic mass is 35.5. The molecule has 1 heterocycles. The van der Waals surface area contributed by atoms with Gasteiger partial charge in [0.05, 0.1) is 0 Å². The zero-order valence-corrected chi connectivity index (χ0v) is 7.31. The quantitative estimate of drug-likeness (QED) is 0.546. The van der Waals surface area contributed by atoms with Gasteiger partial charge in [-0.3, -0.25) is 0 Å². The first kappa shape index (κ1) is 7.67. The van der Waals surface area contributed by atoms with E-state index in [0.29, 0.717) is 0 Å². The summed E-state index contributed by atoms with van der Waals surface area (Å²) in [5.41, 5.74) is 0.0978. The van der Waals surface area contributed by atoms with Gasteiger partial charge >= 0.3 is 0 Å². The second kappa shape index (κ2) is 2.31. The van der Waals surface area contributed by atoms with Crippen molar-refractivity contribution in [2.24, 2.45) is 0 Å². The molecule has 56 valence electrons. The van der Waals surface area contributed by atoms with Crippen LogP contribution in [0.4, 0.5) is 0 Å². The Bertz CT molecular complexity index is 219. The lowest BCUT2D eigenvalue weighted by molar-refractivity contribution is 0.399. The van der Waals surface area contributed by atoms with Crippen molar-refractivity contribution in [3.05, 3.63) is 23.5 Å². The Balaban J connectivity index is 3.05. The van der Waals surface area contributed by atoms with Gasteiger partial charge in [0.25, 0.3) is 0 Å². The summed E-state index contributed by atoms with van der Waals surface area (Å²) < 4.78 is 2.04. The molecule has 1 nitrogen and oxygen atoms in total. The maximum Gasteiger partial charge on any atom is 0.109 e. The van der Waals surface area contributed by atoms with Crippen molar-refractivity contribution in [1.29, 1.82) is 0 Å². The number of nitrogens with zero attached hydrogens (tertiary/aromatic N) is 1. The van der Waals surface area contributed by atoms with Crippen LogP contribution in [0.15, 0.2) is 18.3 Å². The third kappa shape index (κ3) is 1.35. The van der Waals surface area contributed by atoms with Crippen LogP contribution in [0.3, 0.4) is 0 Å². The minimum Gasteiger partial charge on any atom is -0.334 e. The Morgan fingerprint density at radius 3 is 2.20 bits per heavy atom. The van der Waals surface area contributed by atoms with Crippen LogP contribution >= 0.6 is 11.6 Å². The lowest BCUT2D eigenvalue weighted by Crippen LogP contribution is -2.20. The van der Waals surface area contributed by atoms with Gasteiger partial charge < -0.3 is 4.57 Å². The van der Waals surface area contributed by atoms with Crippen LogP contribution in [0.1, 0.15) is 20.8 Å². The largest absolute Gasteiger partial charge is 0.334 e. The number of hydrogen-bond acceptors (Lipinski definition) is 0. The smallest absolute Gasteiger partial charge is 0.109 e. The molecule has 0 N–H and O–H groups in total. The molecule has 0 saturated carbocycles. The molecule has 0 aliphatic rings. The maximum absolute atomic E-state index is 5.89. The van der Waals surface area contributed by atoms with E-state index in [9.17, 15) is 0 Å². The lowest BCUT2D eigenvalue weighted by atomic mass is 10.1. The summed E-state index contributed by atoms with van der Waals surface area (Å²) in [6.45, 7) is 6.37. The van der Waals surface area contributed by atoms with Gasteiger partial charge in [-0.2, -0.15) is 0 Å². The van der Waals surface area contributed by atoms with Crippen molar-refractivity contribution in [3.63, 3.8) is 0 Å². The minimum atomic E-state index is 0.0978. The van der Waals surface area contributed by atoms with Gasteiger partial charge in [0.15, 0.2) is 0 Å². The highest BCUT2D eigenvalue weighted by Gasteiger charge is 2.13. The van der Waals surface area contributed by atoms with Crippen molar-refractivity contribution in [2.75, 3.05) is 0 Å². The van der Waals surface area contributed by atoms with E-state index in [1.165, 1.54) is 0 Å². The average Bonchev–Trinajstić information content (AvgIpc) is 2.11. The Labute approximate surface area is 66.6 Å². The Morgan fingerprint density at radius 1 is 1.40 bits per heavy atom. The molecule has 1 aromatic heterocycles. The van der Waals surface area contributed by atoms with Crippen molar-refractivity contribution < 1.29 is 0 Å². The van der Waals surface area contributed by atoms with Gasteiger partial charge in [-0.05, 0) is 32.9 Å². The van der Waals surface area contributed by atoms with Crippen molar-refractivity contribution in [2.45, 2.75) is 26.3 Å². The second-order valence-corrected chi connectivity index (χ2v) is 3.76. The number of halogens is 1. The highest BCUT2D eigenvalue weighted by Crippen LogP contribution is 2.20. The second-order valence-electron chi connectivity index (χ2n) is 3.37. The van der Waals surface area contributed by atoms with E-state index < -0.39 is 0 Å². The van der Waals surface area contributed by atoms with Crippen molar-refractivity contribution in [3.8, 4) is 0 Å². The summed E-state index contributed by atoms with van der Waals surface area (Å²) in [7, 11) is 0. The van der Waals surface area contributed by atoms with Gasteiger partial charge in [-0.1, -0.05) is 11.6 Å². The molecule has 0 spiro atoms. The maximum atomic E-state index is 5.89. The van der Waals surface area contributed by atoms with Crippen LogP contribution in [0.2, 0.25) is 5.15 Å². The number of hydrogen-bond donors (Lipinski definition) is 0. The molecule has 0 aromatic carbocycles. The third-order valence-electron chi connectivity index (χ3n) is 1.42. The number of rotatable bonds is 0. The van der Waals surface area contributed by atoms with Crippen LogP contribution in [-0.2, 0) is 5.54 Å². The summed E-state index contributed by atoms with van der Waals surface area (Å²) in [4.78, 5) is 0. The van der Waals surface area contributed by atoms with Crippen LogP contribution in [-0.4, -0.2) is 4.57 Å². The summed E-state index contributed by atoms with van der Waals surface area (Å²) in [5, 5.41) is 0.799. The van der Waals surface area contributed by atoms with Crippen LogP contribution < -0.4 is 0 Å². The topological polar surface area (TPSA) is 4.93 Å². The van der Waals surface area contributed by atoms with Gasteiger partial charge in [-0.15, -0.1) is 0 Å². The first-order chi connectivity index (χ1) is 4.52. The molecule has 0 unspecified atom stereocenters. The van der Waals surface area contributed by atoms with E-state index >= 15 is 0 Å². The SMILES string of the molecule is CC(C)(C)n1cccc1Cl. The summed E-state index contributed by atoms with van der Waals surface area (Å²) in [5.74, 6) is 0. The molecule has 0 fully saturated rings. The van der Waals surface area contributed by atoms with Gasteiger partial charge in [0, 0.05) is 11.7 Å². The monoisotopic (exact) mass is 157 g/mol. The summed E-state index contributed by atoms with van der Waals surface area (Å²) in [6.07, 6.45) is 1.99. The normalized spacial score (nSPS) is 12.0. The predicted octanol–water partition coefficient (Wildman–Crippen LogP) is 2.90. The van der Waals surface area contributed by atoms with E-state index in [0.717, 1.165) is 5.15 Å². The molecule has 0 amide bonds. The van der Waals surface area contributed by atoms with E-state index in [2.05, 4.69) is 20.8 Å². The number of aromatic nitrogens is 1. The van der Waals surface area contributed by atoms with Gasteiger partial charge in [0.2, 0.25) is 0 Å². The molecule has 1 rings (SSSR count). The zero-order chi connectivity index (χ0) is 7.78. The third-order valence-corrected chi connectivity index (χ3v) is 1.73. The first-order valence-corrected chi connectivity index (χ1v) is 3.73. The van der Waals surface area contributed by atoms with Crippen LogP contribution in [0.25, 0.3) is 0 Å². The fourth-order valence-corrected chi connectivity index (χ4v) is 1.29. The molecule has 1 aromatic rings. The fourth-order valence-electron chi connectivity index (χ4n) is 0.904. The van der Waals surface area contributed by atoms with E-state index in [-0.39, 0.29) is 5.54 Å². The minimum absolute atomic E-state index is 0.0978. The molecule has 0 aliphatic carbocycles. The molecule has 10 heavy (non-hydrogen) atoms. The van der Waals surface area contributed by atoms with Gasteiger partial charge in [0.1, 0.15) is 5.15 Å². The average molecular weight is 158 g/mol. The Morgan fingerprint density at radius 2 is 2.00 bits per heavy atom. The molecule has 2 heteroatoms. The van der Waals surface area contributed by atoms with E-state index in [4.69, 9.17) is 11.6 Å². The molecular formula is C8H12ClN. The van der Waals surface area contributed by atoms with Crippen molar-refractivity contribution in [1.82, 2.24) is 4.57 Å². The first-order valence-electron chi connectivity index (χ1n) is 3.35. The fraction of sp³-hybridized carbons (Fsp3) is 0.500. The van der Waals surface area contributed by atoms with Crippen LogP contribution in [0.5, 0.6) is 0 Å². The van der Waals surface area contributed by atoms with Gasteiger partial charge in [-0.25, -0.2) is 0 Å². The lowest BCUT2D eigenvalue weighted by Gasteiger charge is -2.22. The summed E-state index contributed by atoms with van der Waals surface area (Å²) >= 11 is 5.89. The predicted molar refractivity (Wildman–Crippen MR) is 44.4 cm³/mol. The summed E-state index contributed by atoms with van der Waals surface area (Å²) in [6, 6.07) is 3.85. The molecular weight excluding hydrogens is 146 g/mol. The molecule has 0 saturated heterocycles. The molecule has 0 atom stereocenters. The van der Waals surface area contributed by atoms with E-state index in [1.807, 2.05) is 22.9 Å².